The van der Waals surface area contributed by atoms with Gasteiger partial charge in [0.2, 0.25) is 0 Å². The van der Waals surface area contributed by atoms with Crippen molar-refractivity contribution in [1.82, 2.24) is 0 Å². The average molecular weight is 294 g/mol. The van der Waals surface area contributed by atoms with Crippen LogP contribution in [0.4, 0.5) is 24.5 Å². The Labute approximate surface area is 118 Å². The van der Waals surface area contributed by atoms with Gasteiger partial charge in [-0.3, -0.25) is 0 Å². The number of anilines is 2. The third-order valence-corrected chi connectivity index (χ3v) is 3.29. The van der Waals surface area contributed by atoms with Gasteiger partial charge in [-0.05, 0) is 24.3 Å². The minimum atomic E-state index is -2.55. The number of rotatable bonds is 4. The highest BCUT2D eigenvalue weighted by Gasteiger charge is 2.12. The molecular weight excluding hydrogens is 285 g/mol. The number of hydrogen-bond acceptors (Lipinski definition) is 3. The van der Waals surface area contributed by atoms with Gasteiger partial charge >= 0.3 is 0 Å². The molecule has 0 aliphatic rings. The molecule has 0 radical (unpaired) electrons. The second-order valence-electron chi connectivity index (χ2n) is 3.77. The summed E-state index contributed by atoms with van der Waals surface area (Å²) >= 11 is 0.389. The van der Waals surface area contributed by atoms with Crippen LogP contribution < -0.4 is 5.32 Å². The Hall–Kier alpha value is -2.13. The van der Waals surface area contributed by atoms with Crippen molar-refractivity contribution < 1.29 is 13.2 Å². The number of halogens is 3. The van der Waals surface area contributed by atoms with E-state index in [0.717, 1.165) is 0 Å². The summed E-state index contributed by atoms with van der Waals surface area (Å²) in [5.74, 6) is -3.21. The molecule has 2 rings (SSSR count). The quantitative estimate of drug-likeness (QED) is 0.826. The number of nitrogens with zero attached hydrogens (tertiary/aromatic N) is 1. The molecule has 0 spiro atoms. The maximum atomic E-state index is 13.5. The van der Waals surface area contributed by atoms with Crippen LogP contribution >= 0.6 is 11.8 Å². The molecule has 0 aliphatic carbocycles. The molecule has 0 bridgehead atoms. The van der Waals surface area contributed by atoms with Gasteiger partial charge in [-0.25, -0.2) is 4.39 Å². The first kappa shape index (κ1) is 14.3. The van der Waals surface area contributed by atoms with Crippen LogP contribution in [0.1, 0.15) is 5.56 Å². The maximum absolute atomic E-state index is 13.5. The molecule has 2 aromatic carbocycles. The van der Waals surface area contributed by atoms with Crippen LogP contribution in [0.5, 0.6) is 0 Å². The number of nitrogens with one attached hydrogen (secondary N) is 1. The van der Waals surface area contributed by atoms with E-state index in [-0.39, 0.29) is 11.3 Å². The van der Waals surface area contributed by atoms with Crippen LogP contribution in [-0.2, 0) is 0 Å². The molecule has 0 atom stereocenters. The van der Waals surface area contributed by atoms with Gasteiger partial charge in [0.1, 0.15) is 17.4 Å². The fourth-order valence-electron chi connectivity index (χ4n) is 1.66. The number of nitriles is 1. The number of alkyl halides is 2. The minimum absolute atomic E-state index is 0.149. The Morgan fingerprint density at radius 1 is 1.05 bits per heavy atom. The summed E-state index contributed by atoms with van der Waals surface area (Å²) in [6.07, 6.45) is 0. The lowest BCUT2D eigenvalue weighted by Crippen LogP contribution is -1.98. The molecule has 6 heteroatoms. The smallest absolute Gasteiger partial charge is 0.288 e. The number of thioether (sulfide) groups is 1. The van der Waals surface area contributed by atoms with Crippen LogP contribution in [0.25, 0.3) is 0 Å². The van der Waals surface area contributed by atoms with E-state index in [2.05, 4.69) is 5.32 Å². The molecule has 0 saturated heterocycles. The van der Waals surface area contributed by atoms with Gasteiger partial charge in [0.25, 0.3) is 5.76 Å². The van der Waals surface area contributed by atoms with E-state index < -0.39 is 11.6 Å². The van der Waals surface area contributed by atoms with E-state index in [4.69, 9.17) is 5.26 Å². The summed E-state index contributed by atoms with van der Waals surface area (Å²) in [4.78, 5) is 0.329. The van der Waals surface area contributed by atoms with Crippen molar-refractivity contribution in [2.45, 2.75) is 10.7 Å². The summed E-state index contributed by atoms with van der Waals surface area (Å²) in [5, 5.41) is 11.8. The van der Waals surface area contributed by atoms with E-state index in [0.29, 0.717) is 22.3 Å². The van der Waals surface area contributed by atoms with Crippen molar-refractivity contribution in [3.05, 3.63) is 53.8 Å². The topological polar surface area (TPSA) is 35.8 Å². The van der Waals surface area contributed by atoms with Crippen molar-refractivity contribution in [2.75, 3.05) is 5.32 Å². The van der Waals surface area contributed by atoms with Gasteiger partial charge in [-0.1, -0.05) is 30.0 Å². The zero-order valence-electron chi connectivity index (χ0n) is 10.1. The zero-order valence-corrected chi connectivity index (χ0v) is 10.9. The first-order valence-corrected chi connectivity index (χ1v) is 6.49. The molecule has 0 aliphatic heterocycles. The fourth-order valence-corrected chi connectivity index (χ4v) is 2.25. The Morgan fingerprint density at radius 3 is 2.45 bits per heavy atom. The van der Waals surface area contributed by atoms with Crippen LogP contribution in [0, 0.1) is 17.1 Å². The third kappa shape index (κ3) is 3.25. The predicted octanol–water partition coefficient (Wildman–Crippen LogP) is 4.76. The predicted molar refractivity (Wildman–Crippen MR) is 72.7 cm³/mol. The molecule has 0 unspecified atom stereocenters. The Bertz CT molecular complexity index is 653. The summed E-state index contributed by atoms with van der Waals surface area (Å²) in [6, 6.07) is 12.3. The molecule has 0 aromatic heterocycles. The van der Waals surface area contributed by atoms with Crippen molar-refractivity contribution in [1.29, 1.82) is 5.26 Å². The van der Waals surface area contributed by atoms with Crippen molar-refractivity contribution >= 4 is 23.1 Å². The summed E-state index contributed by atoms with van der Waals surface area (Å²) in [6.45, 7) is 0. The van der Waals surface area contributed by atoms with E-state index in [1.54, 1.807) is 24.3 Å². The lowest BCUT2D eigenvalue weighted by atomic mass is 10.1. The van der Waals surface area contributed by atoms with Crippen LogP contribution in [0.2, 0.25) is 0 Å². The normalized spacial score (nSPS) is 10.3. The molecule has 0 fully saturated rings. The minimum Gasteiger partial charge on any atom is -0.353 e. The molecule has 1 N–H and O–H groups in total. The maximum Gasteiger partial charge on any atom is 0.288 e. The van der Waals surface area contributed by atoms with Crippen molar-refractivity contribution in [3.8, 4) is 6.07 Å². The second kappa shape index (κ2) is 6.35. The van der Waals surface area contributed by atoms with Crippen molar-refractivity contribution in [3.63, 3.8) is 0 Å². The van der Waals surface area contributed by atoms with Gasteiger partial charge in [-0.2, -0.15) is 14.0 Å². The van der Waals surface area contributed by atoms with E-state index >= 15 is 0 Å². The number of para-hydroxylation sites is 1. The largest absolute Gasteiger partial charge is 0.353 e. The van der Waals surface area contributed by atoms with Gasteiger partial charge in [0.15, 0.2) is 0 Å². The summed E-state index contributed by atoms with van der Waals surface area (Å²) < 4.78 is 38.4. The second-order valence-corrected chi connectivity index (χ2v) is 4.81. The van der Waals surface area contributed by atoms with Gasteiger partial charge in [-0.15, -0.1) is 0 Å². The molecule has 0 amide bonds. The molecule has 2 nitrogen and oxygen atoms in total. The highest BCUT2D eigenvalue weighted by Crippen LogP contribution is 2.34. The van der Waals surface area contributed by atoms with E-state index in [1.165, 1.54) is 24.3 Å². The van der Waals surface area contributed by atoms with Gasteiger partial charge in [0.05, 0.1) is 11.4 Å². The first-order valence-electron chi connectivity index (χ1n) is 5.61. The molecule has 102 valence electrons. The fraction of sp³-hybridized carbons (Fsp3) is 0.0714. The molecule has 0 heterocycles. The molecule has 20 heavy (non-hydrogen) atoms. The first-order chi connectivity index (χ1) is 9.61. The van der Waals surface area contributed by atoms with Crippen LogP contribution in [0.15, 0.2) is 47.4 Å². The number of hydrogen-bond donors (Lipinski definition) is 1. The van der Waals surface area contributed by atoms with E-state index in [9.17, 15) is 13.2 Å². The lowest BCUT2D eigenvalue weighted by Gasteiger charge is -2.12. The highest BCUT2D eigenvalue weighted by atomic mass is 32.2. The zero-order chi connectivity index (χ0) is 14.5. The number of benzene rings is 2. The van der Waals surface area contributed by atoms with Gasteiger partial charge in [0, 0.05) is 4.90 Å². The molecule has 2 aromatic rings. The molecular formula is C14H9F3N2S. The van der Waals surface area contributed by atoms with E-state index in [1.807, 2.05) is 0 Å². The summed E-state index contributed by atoms with van der Waals surface area (Å²) in [7, 11) is 0. The van der Waals surface area contributed by atoms with Crippen LogP contribution in [-0.4, -0.2) is 5.76 Å². The highest BCUT2D eigenvalue weighted by molar-refractivity contribution is 7.99. The Kier molecular flexibility index (Phi) is 4.53. The Balaban J connectivity index is 2.36. The average Bonchev–Trinajstić information content (AvgIpc) is 2.41. The monoisotopic (exact) mass is 294 g/mol. The Morgan fingerprint density at radius 2 is 1.75 bits per heavy atom. The molecule has 0 saturated carbocycles. The van der Waals surface area contributed by atoms with Crippen molar-refractivity contribution in [2.24, 2.45) is 0 Å². The third-order valence-electron chi connectivity index (χ3n) is 2.50. The SMILES string of the molecule is N#Cc1c(F)cccc1Nc1ccccc1SC(F)F. The lowest BCUT2D eigenvalue weighted by molar-refractivity contribution is 0.252. The summed E-state index contributed by atoms with van der Waals surface area (Å²) in [5.41, 5.74) is 0.499. The van der Waals surface area contributed by atoms with Gasteiger partial charge < -0.3 is 5.32 Å². The standard InChI is InChI=1S/C14H9F3N2S/c15-10-4-3-6-11(9(10)8-18)19-12-5-1-2-7-13(12)20-14(16)17/h1-7,14,19H. The van der Waals surface area contributed by atoms with Crippen LogP contribution in [0.3, 0.4) is 0 Å².